The molecule has 1 aromatic heterocycles. The number of nitrogens with zero attached hydrogens (tertiary/aromatic N) is 3. The fourth-order valence-electron chi connectivity index (χ4n) is 1.72. The Morgan fingerprint density at radius 2 is 2.29 bits per heavy atom. The summed E-state index contributed by atoms with van der Waals surface area (Å²) in [7, 11) is 0. The summed E-state index contributed by atoms with van der Waals surface area (Å²) in [5.74, 6) is -0.964. The molecule has 0 aromatic carbocycles. The van der Waals surface area contributed by atoms with Gasteiger partial charge in [-0.25, -0.2) is 9.48 Å². The van der Waals surface area contributed by atoms with E-state index in [0.29, 0.717) is 0 Å². The van der Waals surface area contributed by atoms with Gasteiger partial charge >= 0.3 is 5.97 Å². The Balaban J connectivity index is 2.21. The van der Waals surface area contributed by atoms with Crippen molar-refractivity contribution in [2.75, 3.05) is 13.1 Å². The number of hydrogen-bond donors (Lipinski definition) is 2. The van der Waals surface area contributed by atoms with Crippen LogP contribution in [0.1, 0.15) is 29.4 Å². The van der Waals surface area contributed by atoms with Gasteiger partial charge in [0.15, 0.2) is 5.69 Å². The van der Waals surface area contributed by atoms with Crippen LogP contribution in [0, 0.1) is 0 Å². The standard InChI is InChI=1S/C8H12N4O2/c13-8(14)7-5-10-11-12(7)6-1-3-9-4-2-6/h5-6,9H,1-4H2,(H,13,14). The Kier molecular flexibility index (Phi) is 2.45. The van der Waals surface area contributed by atoms with Gasteiger partial charge in [0.1, 0.15) is 0 Å². The number of rotatable bonds is 2. The Morgan fingerprint density at radius 3 is 2.93 bits per heavy atom. The number of carbonyl (C=O) groups is 1. The monoisotopic (exact) mass is 196 g/mol. The lowest BCUT2D eigenvalue weighted by Gasteiger charge is -2.23. The van der Waals surface area contributed by atoms with Gasteiger partial charge in [-0.2, -0.15) is 0 Å². The molecule has 1 aliphatic rings. The molecule has 2 rings (SSSR count). The minimum atomic E-state index is -0.964. The molecular formula is C8H12N4O2. The molecule has 6 nitrogen and oxygen atoms in total. The molecule has 14 heavy (non-hydrogen) atoms. The van der Waals surface area contributed by atoms with Crippen molar-refractivity contribution < 1.29 is 9.90 Å². The molecule has 1 fully saturated rings. The normalized spacial score (nSPS) is 18.3. The van der Waals surface area contributed by atoms with Crippen molar-refractivity contribution in [3.8, 4) is 0 Å². The first kappa shape index (κ1) is 9.14. The Bertz CT molecular complexity index is 330. The van der Waals surface area contributed by atoms with E-state index < -0.39 is 5.97 Å². The second kappa shape index (κ2) is 3.75. The van der Waals surface area contributed by atoms with Gasteiger partial charge in [0.2, 0.25) is 0 Å². The molecule has 6 heteroatoms. The van der Waals surface area contributed by atoms with Gasteiger partial charge in [0, 0.05) is 0 Å². The molecule has 0 saturated carbocycles. The van der Waals surface area contributed by atoms with Gasteiger partial charge in [-0.3, -0.25) is 0 Å². The predicted octanol–water partition coefficient (Wildman–Crippen LogP) is -0.0992. The van der Waals surface area contributed by atoms with Crippen molar-refractivity contribution in [1.82, 2.24) is 20.3 Å². The molecule has 0 bridgehead atoms. The van der Waals surface area contributed by atoms with Crippen molar-refractivity contribution >= 4 is 5.97 Å². The fraction of sp³-hybridized carbons (Fsp3) is 0.625. The highest BCUT2D eigenvalue weighted by Gasteiger charge is 2.21. The highest BCUT2D eigenvalue weighted by molar-refractivity contribution is 5.85. The fourth-order valence-corrected chi connectivity index (χ4v) is 1.72. The molecule has 2 N–H and O–H groups in total. The van der Waals surface area contributed by atoms with Gasteiger partial charge in [-0.1, -0.05) is 5.21 Å². The van der Waals surface area contributed by atoms with Crippen LogP contribution in [0.25, 0.3) is 0 Å². The van der Waals surface area contributed by atoms with Crippen LogP contribution in [0.4, 0.5) is 0 Å². The molecule has 1 aromatic rings. The first-order valence-corrected chi connectivity index (χ1v) is 4.63. The number of nitrogens with one attached hydrogen (secondary N) is 1. The highest BCUT2D eigenvalue weighted by atomic mass is 16.4. The summed E-state index contributed by atoms with van der Waals surface area (Å²) < 4.78 is 1.52. The lowest BCUT2D eigenvalue weighted by atomic mass is 10.1. The molecule has 1 aliphatic heterocycles. The zero-order valence-electron chi connectivity index (χ0n) is 7.68. The summed E-state index contributed by atoms with van der Waals surface area (Å²) in [6, 6.07) is 0.171. The summed E-state index contributed by atoms with van der Waals surface area (Å²) in [5, 5.41) is 19.5. The highest BCUT2D eigenvalue weighted by Crippen LogP contribution is 2.18. The van der Waals surface area contributed by atoms with E-state index in [2.05, 4.69) is 15.6 Å². The van der Waals surface area contributed by atoms with Crippen LogP contribution in [0.15, 0.2) is 6.20 Å². The number of aromatic nitrogens is 3. The van der Waals surface area contributed by atoms with E-state index in [1.807, 2.05) is 0 Å². The SMILES string of the molecule is O=C(O)c1cnnn1C1CCNCC1. The molecule has 0 spiro atoms. The van der Waals surface area contributed by atoms with E-state index >= 15 is 0 Å². The number of carboxylic acid groups (broad SMARTS) is 1. The summed E-state index contributed by atoms with van der Waals surface area (Å²) in [4.78, 5) is 10.8. The maximum atomic E-state index is 10.8. The average molecular weight is 196 g/mol. The number of piperidine rings is 1. The van der Waals surface area contributed by atoms with E-state index in [1.54, 1.807) is 0 Å². The van der Waals surface area contributed by atoms with Crippen LogP contribution in [0.5, 0.6) is 0 Å². The molecule has 76 valence electrons. The molecule has 0 atom stereocenters. The summed E-state index contributed by atoms with van der Waals surface area (Å²) in [6.45, 7) is 1.81. The summed E-state index contributed by atoms with van der Waals surface area (Å²) in [5.41, 5.74) is 0.178. The molecular weight excluding hydrogens is 184 g/mol. The van der Waals surface area contributed by atoms with Gasteiger partial charge in [0.25, 0.3) is 0 Å². The van der Waals surface area contributed by atoms with E-state index in [1.165, 1.54) is 10.9 Å². The van der Waals surface area contributed by atoms with Gasteiger partial charge in [0.05, 0.1) is 12.2 Å². The van der Waals surface area contributed by atoms with E-state index in [9.17, 15) is 4.79 Å². The van der Waals surface area contributed by atoms with Crippen LogP contribution in [0.2, 0.25) is 0 Å². The summed E-state index contributed by atoms with van der Waals surface area (Å²) >= 11 is 0. The molecule has 0 amide bonds. The Morgan fingerprint density at radius 1 is 1.57 bits per heavy atom. The first-order valence-electron chi connectivity index (χ1n) is 4.63. The zero-order chi connectivity index (χ0) is 9.97. The maximum absolute atomic E-state index is 10.8. The second-order valence-corrected chi connectivity index (χ2v) is 3.35. The van der Waals surface area contributed by atoms with Crippen molar-refractivity contribution in [3.05, 3.63) is 11.9 Å². The minimum absolute atomic E-state index is 0.171. The molecule has 2 heterocycles. The van der Waals surface area contributed by atoms with E-state index in [-0.39, 0.29) is 11.7 Å². The number of aromatic carboxylic acids is 1. The Hall–Kier alpha value is -1.43. The van der Waals surface area contributed by atoms with E-state index in [0.717, 1.165) is 25.9 Å². The maximum Gasteiger partial charge on any atom is 0.355 e. The van der Waals surface area contributed by atoms with Crippen LogP contribution < -0.4 is 5.32 Å². The zero-order valence-corrected chi connectivity index (χ0v) is 7.68. The second-order valence-electron chi connectivity index (χ2n) is 3.35. The first-order chi connectivity index (χ1) is 6.79. The smallest absolute Gasteiger partial charge is 0.355 e. The molecule has 0 radical (unpaired) electrons. The van der Waals surface area contributed by atoms with Crippen LogP contribution in [-0.4, -0.2) is 39.2 Å². The Labute approximate surface area is 80.9 Å². The molecule has 0 aliphatic carbocycles. The average Bonchev–Trinajstić information content (AvgIpc) is 2.67. The third-order valence-electron chi connectivity index (χ3n) is 2.45. The number of hydrogen-bond acceptors (Lipinski definition) is 4. The third-order valence-corrected chi connectivity index (χ3v) is 2.45. The topological polar surface area (TPSA) is 80.0 Å². The lowest BCUT2D eigenvalue weighted by molar-refractivity contribution is 0.0678. The third kappa shape index (κ3) is 1.60. The molecule has 1 saturated heterocycles. The number of carboxylic acids is 1. The van der Waals surface area contributed by atoms with Crippen molar-refractivity contribution in [2.24, 2.45) is 0 Å². The molecule has 0 unspecified atom stereocenters. The summed E-state index contributed by atoms with van der Waals surface area (Å²) in [6.07, 6.45) is 3.11. The van der Waals surface area contributed by atoms with Crippen molar-refractivity contribution in [2.45, 2.75) is 18.9 Å². The quantitative estimate of drug-likeness (QED) is 0.690. The van der Waals surface area contributed by atoms with Gasteiger partial charge in [-0.05, 0) is 25.9 Å². The predicted molar refractivity (Wildman–Crippen MR) is 48.1 cm³/mol. The van der Waals surface area contributed by atoms with Gasteiger partial charge < -0.3 is 10.4 Å². The van der Waals surface area contributed by atoms with Gasteiger partial charge in [-0.15, -0.1) is 5.10 Å². The lowest BCUT2D eigenvalue weighted by Crippen LogP contribution is -2.31. The van der Waals surface area contributed by atoms with Crippen molar-refractivity contribution in [3.63, 3.8) is 0 Å². The minimum Gasteiger partial charge on any atom is -0.476 e. The largest absolute Gasteiger partial charge is 0.476 e. The van der Waals surface area contributed by atoms with Crippen LogP contribution >= 0.6 is 0 Å². The van der Waals surface area contributed by atoms with Crippen LogP contribution in [0.3, 0.4) is 0 Å². The van der Waals surface area contributed by atoms with Crippen molar-refractivity contribution in [1.29, 1.82) is 0 Å². The van der Waals surface area contributed by atoms with E-state index in [4.69, 9.17) is 5.11 Å². The van der Waals surface area contributed by atoms with Crippen LogP contribution in [-0.2, 0) is 0 Å².